The van der Waals surface area contributed by atoms with Crippen LogP contribution < -0.4 is 10.1 Å². The Morgan fingerprint density at radius 1 is 1.13 bits per heavy atom. The van der Waals surface area contributed by atoms with Crippen LogP contribution in [0.2, 0.25) is 0 Å². The van der Waals surface area contributed by atoms with Gasteiger partial charge in [0.15, 0.2) is 0 Å². The van der Waals surface area contributed by atoms with E-state index in [0.29, 0.717) is 6.42 Å². The summed E-state index contributed by atoms with van der Waals surface area (Å²) in [6.07, 6.45) is 2.26. The molecule has 0 saturated carbocycles. The highest BCUT2D eigenvalue weighted by molar-refractivity contribution is 14.1. The lowest BCUT2D eigenvalue weighted by atomic mass is 10.0. The van der Waals surface area contributed by atoms with Gasteiger partial charge >= 0.3 is 0 Å². The van der Waals surface area contributed by atoms with Crippen LogP contribution in [0.15, 0.2) is 36.4 Å². The van der Waals surface area contributed by atoms with Gasteiger partial charge in [0, 0.05) is 15.7 Å². The van der Waals surface area contributed by atoms with Crippen molar-refractivity contribution in [1.82, 2.24) is 0 Å². The molecule has 1 N–H and O–H groups in total. The van der Waals surface area contributed by atoms with Crippen LogP contribution in [0.5, 0.6) is 5.75 Å². The van der Waals surface area contributed by atoms with Gasteiger partial charge in [-0.2, -0.15) is 0 Å². The number of halogens is 1. The molecule has 2 rings (SSSR count). The van der Waals surface area contributed by atoms with E-state index in [9.17, 15) is 4.79 Å². The normalized spacial score (nSPS) is 10.4. The van der Waals surface area contributed by atoms with Crippen LogP contribution in [0.25, 0.3) is 0 Å². The Hall–Kier alpha value is -1.56. The Morgan fingerprint density at radius 3 is 2.57 bits per heavy atom. The molecule has 0 saturated heterocycles. The van der Waals surface area contributed by atoms with Gasteiger partial charge in [-0.05, 0) is 96.3 Å². The minimum atomic E-state index is 0.0699. The smallest absolute Gasteiger partial charge is 0.224 e. The molecule has 0 atom stereocenters. The van der Waals surface area contributed by atoms with Crippen molar-refractivity contribution < 1.29 is 9.53 Å². The summed E-state index contributed by atoms with van der Waals surface area (Å²) < 4.78 is 6.39. The molecule has 3 nitrogen and oxygen atoms in total. The highest BCUT2D eigenvalue weighted by Gasteiger charge is 2.06. The Morgan fingerprint density at radius 2 is 1.91 bits per heavy atom. The van der Waals surface area contributed by atoms with E-state index in [-0.39, 0.29) is 5.91 Å². The number of nitrogens with one attached hydrogen (secondary N) is 1. The third kappa shape index (κ3) is 5.23. The fourth-order valence-electron chi connectivity index (χ4n) is 2.50. The maximum atomic E-state index is 12.1. The highest BCUT2D eigenvalue weighted by Crippen LogP contribution is 2.20. The SMILES string of the molecule is COc1ccc(CCCC(=O)Nc2ccc(I)cc2C)c(C)c1. The maximum absolute atomic E-state index is 12.1. The molecule has 0 radical (unpaired) electrons. The zero-order valence-electron chi connectivity index (χ0n) is 13.8. The number of anilines is 1. The molecule has 122 valence electrons. The molecule has 0 aliphatic heterocycles. The molecular weight excluding hydrogens is 401 g/mol. The van der Waals surface area contributed by atoms with E-state index >= 15 is 0 Å². The first-order chi connectivity index (χ1) is 11.0. The Labute approximate surface area is 151 Å². The number of ether oxygens (including phenoxy) is 1. The van der Waals surface area contributed by atoms with Gasteiger partial charge in [0.25, 0.3) is 0 Å². The average molecular weight is 423 g/mol. The van der Waals surface area contributed by atoms with Crippen LogP contribution in [0.1, 0.15) is 29.5 Å². The topological polar surface area (TPSA) is 38.3 Å². The van der Waals surface area contributed by atoms with Gasteiger partial charge < -0.3 is 10.1 Å². The first kappa shape index (κ1) is 17.8. The van der Waals surface area contributed by atoms with E-state index in [0.717, 1.165) is 29.8 Å². The molecule has 2 aromatic carbocycles. The van der Waals surface area contributed by atoms with Gasteiger partial charge in [0.05, 0.1) is 7.11 Å². The number of rotatable bonds is 6. The van der Waals surface area contributed by atoms with E-state index in [2.05, 4.69) is 47.0 Å². The summed E-state index contributed by atoms with van der Waals surface area (Å²) in [5.74, 6) is 0.943. The molecule has 0 aromatic heterocycles. The van der Waals surface area contributed by atoms with Crippen molar-refractivity contribution in [1.29, 1.82) is 0 Å². The Bertz CT molecular complexity index is 698. The fourth-order valence-corrected chi connectivity index (χ4v) is 3.14. The predicted molar refractivity (Wildman–Crippen MR) is 103 cm³/mol. The summed E-state index contributed by atoms with van der Waals surface area (Å²) in [4.78, 5) is 12.1. The number of carbonyl (C=O) groups excluding carboxylic acids is 1. The predicted octanol–water partition coefficient (Wildman–Crippen LogP) is 4.88. The lowest BCUT2D eigenvalue weighted by Crippen LogP contribution is -2.12. The van der Waals surface area contributed by atoms with E-state index in [1.165, 1.54) is 14.7 Å². The van der Waals surface area contributed by atoms with Gasteiger partial charge in [-0.25, -0.2) is 0 Å². The summed E-state index contributed by atoms with van der Waals surface area (Å²) in [7, 11) is 1.67. The van der Waals surface area contributed by atoms with Crippen LogP contribution in [-0.2, 0) is 11.2 Å². The van der Waals surface area contributed by atoms with Crippen molar-refractivity contribution in [2.24, 2.45) is 0 Å². The molecule has 0 aliphatic rings. The van der Waals surface area contributed by atoms with Crippen molar-refractivity contribution in [2.75, 3.05) is 12.4 Å². The molecule has 4 heteroatoms. The molecule has 0 spiro atoms. The van der Waals surface area contributed by atoms with Crippen LogP contribution in [0.3, 0.4) is 0 Å². The molecule has 23 heavy (non-hydrogen) atoms. The highest BCUT2D eigenvalue weighted by atomic mass is 127. The first-order valence-corrected chi connectivity index (χ1v) is 8.77. The monoisotopic (exact) mass is 423 g/mol. The summed E-state index contributed by atoms with van der Waals surface area (Å²) in [5, 5.41) is 2.99. The summed E-state index contributed by atoms with van der Waals surface area (Å²) in [6.45, 7) is 4.09. The molecule has 0 fully saturated rings. The van der Waals surface area contributed by atoms with Crippen LogP contribution in [-0.4, -0.2) is 13.0 Å². The summed E-state index contributed by atoms with van der Waals surface area (Å²) in [6, 6.07) is 12.1. The van der Waals surface area contributed by atoms with Crippen molar-refractivity contribution in [3.05, 3.63) is 56.7 Å². The average Bonchev–Trinajstić information content (AvgIpc) is 2.51. The number of benzene rings is 2. The molecule has 0 heterocycles. The quantitative estimate of drug-likeness (QED) is 0.673. The molecule has 2 aromatic rings. The number of aryl methyl sites for hydroxylation is 3. The van der Waals surface area contributed by atoms with Crippen LogP contribution in [0.4, 0.5) is 5.69 Å². The fraction of sp³-hybridized carbons (Fsp3) is 0.316. The second kappa shape index (κ2) is 8.34. The zero-order valence-corrected chi connectivity index (χ0v) is 15.9. The molecule has 0 bridgehead atoms. The van der Waals surface area contributed by atoms with Crippen LogP contribution in [0, 0.1) is 17.4 Å². The standard InChI is InChI=1S/C19H22INO2/c1-13-12-17(23-3)9-7-15(13)5-4-6-19(22)21-18-10-8-16(20)11-14(18)2/h7-12H,4-6H2,1-3H3,(H,21,22). The summed E-state index contributed by atoms with van der Waals surface area (Å²) in [5.41, 5.74) is 4.47. The van der Waals surface area contributed by atoms with Gasteiger partial charge in [-0.3, -0.25) is 4.79 Å². The Kier molecular flexibility index (Phi) is 6.45. The minimum Gasteiger partial charge on any atom is -0.497 e. The summed E-state index contributed by atoms with van der Waals surface area (Å²) >= 11 is 2.27. The van der Waals surface area contributed by atoms with Gasteiger partial charge in [-0.1, -0.05) is 6.07 Å². The molecule has 1 amide bonds. The number of methoxy groups -OCH3 is 1. The van der Waals surface area contributed by atoms with E-state index in [1.54, 1.807) is 7.11 Å². The second-order valence-corrected chi connectivity index (χ2v) is 6.90. The van der Waals surface area contributed by atoms with Crippen LogP contribution >= 0.6 is 22.6 Å². The van der Waals surface area contributed by atoms with Crippen molar-refractivity contribution in [3.63, 3.8) is 0 Å². The van der Waals surface area contributed by atoms with E-state index in [4.69, 9.17) is 4.74 Å². The van der Waals surface area contributed by atoms with Gasteiger partial charge in [-0.15, -0.1) is 0 Å². The third-order valence-corrected chi connectivity index (χ3v) is 4.53. The number of amides is 1. The second-order valence-electron chi connectivity index (χ2n) is 5.65. The van der Waals surface area contributed by atoms with Gasteiger partial charge in [0.2, 0.25) is 5.91 Å². The van der Waals surface area contributed by atoms with Crippen molar-refractivity contribution >= 4 is 34.2 Å². The molecule has 0 unspecified atom stereocenters. The first-order valence-electron chi connectivity index (χ1n) is 7.69. The number of hydrogen-bond donors (Lipinski definition) is 1. The number of carbonyl (C=O) groups is 1. The lowest BCUT2D eigenvalue weighted by Gasteiger charge is -2.10. The molecular formula is C19H22INO2. The minimum absolute atomic E-state index is 0.0699. The Balaban J connectivity index is 1.85. The van der Waals surface area contributed by atoms with Gasteiger partial charge in [0.1, 0.15) is 5.75 Å². The lowest BCUT2D eigenvalue weighted by molar-refractivity contribution is -0.116. The number of hydrogen-bond acceptors (Lipinski definition) is 2. The third-order valence-electron chi connectivity index (χ3n) is 3.86. The molecule has 0 aliphatic carbocycles. The largest absolute Gasteiger partial charge is 0.497 e. The zero-order chi connectivity index (χ0) is 16.8. The van der Waals surface area contributed by atoms with Crippen molar-refractivity contribution in [2.45, 2.75) is 33.1 Å². The maximum Gasteiger partial charge on any atom is 0.224 e. The van der Waals surface area contributed by atoms with Crippen molar-refractivity contribution in [3.8, 4) is 5.75 Å². The van der Waals surface area contributed by atoms with E-state index < -0.39 is 0 Å². The van der Waals surface area contributed by atoms with E-state index in [1.807, 2.05) is 31.2 Å².